The maximum absolute atomic E-state index is 5.47. The number of methoxy groups -OCH3 is 1. The largest absolute Gasteiger partial charge is 0.496 e. The Bertz CT molecular complexity index is 442. The topological polar surface area (TPSA) is 24.5 Å². The van der Waals surface area contributed by atoms with Gasteiger partial charge >= 0.3 is 0 Å². The van der Waals surface area contributed by atoms with E-state index in [1.54, 1.807) is 7.11 Å². The molecule has 1 N–H and O–H groups in total. The third-order valence-electron chi connectivity index (χ3n) is 4.68. The van der Waals surface area contributed by atoms with Crippen LogP contribution in [-0.2, 0) is 0 Å². The fourth-order valence-corrected chi connectivity index (χ4v) is 4.27. The molecule has 0 atom stereocenters. The van der Waals surface area contributed by atoms with Gasteiger partial charge in [0.25, 0.3) is 0 Å². The second-order valence-electron chi connectivity index (χ2n) is 6.02. The van der Waals surface area contributed by atoms with Gasteiger partial charge in [0.2, 0.25) is 0 Å². The first-order valence-corrected chi connectivity index (χ1v) is 9.18. The lowest BCUT2D eigenvalue weighted by Gasteiger charge is -2.37. The minimum Gasteiger partial charge on any atom is -0.496 e. The SMILES string of the molecule is COc1ccccc1C1CC(NCCN2CCSCC2)C1. The highest BCUT2D eigenvalue weighted by molar-refractivity contribution is 7.99. The molecule has 0 radical (unpaired) electrons. The number of thioether (sulfide) groups is 1. The van der Waals surface area contributed by atoms with Gasteiger partial charge in [0.05, 0.1) is 7.11 Å². The van der Waals surface area contributed by atoms with Crippen LogP contribution in [0.1, 0.15) is 24.3 Å². The molecule has 116 valence electrons. The number of nitrogens with one attached hydrogen (secondary N) is 1. The zero-order valence-corrected chi connectivity index (χ0v) is 13.7. The van der Waals surface area contributed by atoms with Crippen LogP contribution in [0.2, 0.25) is 0 Å². The summed E-state index contributed by atoms with van der Waals surface area (Å²) < 4.78 is 5.47. The van der Waals surface area contributed by atoms with Crippen molar-refractivity contribution in [1.82, 2.24) is 10.2 Å². The summed E-state index contributed by atoms with van der Waals surface area (Å²) in [5.41, 5.74) is 1.38. The van der Waals surface area contributed by atoms with E-state index in [4.69, 9.17) is 4.74 Å². The van der Waals surface area contributed by atoms with Crippen LogP contribution in [0.3, 0.4) is 0 Å². The Morgan fingerprint density at radius 2 is 2.00 bits per heavy atom. The number of benzene rings is 1. The Morgan fingerprint density at radius 3 is 2.76 bits per heavy atom. The monoisotopic (exact) mass is 306 g/mol. The summed E-state index contributed by atoms with van der Waals surface area (Å²) in [7, 11) is 1.77. The molecule has 1 saturated carbocycles. The molecule has 1 aromatic rings. The van der Waals surface area contributed by atoms with Gasteiger partial charge in [0, 0.05) is 43.7 Å². The maximum atomic E-state index is 5.47. The molecule has 1 aromatic carbocycles. The first-order chi connectivity index (χ1) is 10.4. The van der Waals surface area contributed by atoms with E-state index in [1.807, 2.05) is 6.07 Å². The van der Waals surface area contributed by atoms with Crippen molar-refractivity contribution in [2.24, 2.45) is 0 Å². The molecule has 1 aliphatic carbocycles. The van der Waals surface area contributed by atoms with Crippen LogP contribution in [0.15, 0.2) is 24.3 Å². The van der Waals surface area contributed by atoms with Crippen LogP contribution in [0.25, 0.3) is 0 Å². The van der Waals surface area contributed by atoms with Gasteiger partial charge in [-0.25, -0.2) is 0 Å². The van der Waals surface area contributed by atoms with Gasteiger partial charge in [0.15, 0.2) is 0 Å². The molecular weight excluding hydrogens is 280 g/mol. The van der Waals surface area contributed by atoms with Gasteiger partial charge < -0.3 is 15.0 Å². The van der Waals surface area contributed by atoms with Crippen LogP contribution in [0.5, 0.6) is 5.75 Å². The van der Waals surface area contributed by atoms with Crippen molar-refractivity contribution < 1.29 is 4.74 Å². The van der Waals surface area contributed by atoms with Crippen molar-refractivity contribution in [1.29, 1.82) is 0 Å². The minimum atomic E-state index is 0.671. The molecule has 0 amide bonds. The maximum Gasteiger partial charge on any atom is 0.122 e. The van der Waals surface area contributed by atoms with E-state index < -0.39 is 0 Å². The zero-order valence-electron chi connectivity index (χ0n) is 12.9. The Balaban J connectivity index is 1.37. The standard InChI is InChI=1S/C17H26N2OS/c1-20-17-5-3-2-4-16(17)14-12-15(13-14)18-6-7-19-8-10-21-11-9-19/h2-5,14-15,18H,6-13H2,1H3. The van der Waals surface area contributed by atoms with Gasteiger partial charge in [-0.15, -0.1) is 0 Å². The number of hydrogen-bond acceptors (Lipinski definition) is 4. The molecule has 2 aliphatic rings. The van der Waals surface area contributed by atoms with E-state index in [2.05, 4.69) is 40.2 Å². The summed E-state index contributed by atoms with van der Waals surface area (Å²) in [6.07, 6.45) is 2.49. The predicted octanol–water partition coefficient (Wildman–Crippen LogP) is 2.58. The number of rotatable bonds is 6. The van der Waals surface area contributed by atoms with Gasteiger partial charge in [0.1, 0.15) is 5.75 Å². The Labute approximate surface area is 132 Å². The van der Waals surface area contributed by atoms with E-state index in [-0.39, 0.29) is 0 Å². The highest BCUT2D eigenvalue weighted by atomic mass is 32.2. The van der Waals surface area contributed by atoms with Crippen LogP contribution >= 0.6 is 11.8 Å². The lowest BCUT2D eigenvalue weighted by Crippen LogP contribution is -2.44. The lowest BCUT2D eigenvalue weighted by atomic mass is 9.75. The van der Waals surface area contributed by atoms with Crippen molar-refractivity contribution in [3.05, 3.63) is 29.8 Å². The second kappa shape index (κ2) is 7.52. The molecule has 4 heteroatoms. The molecule has 3 nitrogen and oxygen atoms in total. The molecular formula is C17H26N2OS. The highest BCUT2D eigenvalue weighted by Crippen LogP contribution is 2.40. The Kier molecular flexibility index (Phi) is 5.44. The molecule has 0 spiro atoms. The summed E-state index contributed by atoms with van der Waals surface area (Å²) in [5, 5.41) is 3.71. The first kappa shape index (κ1) is 15.2. The van der Waals surface area contributed by atoms with E-state index in [9.17, 15) is 0 Å². The molecule has 0 aromatic heterocycles. The fraction of sp³-hybridized carbons (Fsp3) is 0.647. The fourth-order valence-electron chi connectivity index (χ4n) is 3.29. The Morgan fingerprint density at radius 1 is 1.24 bits per heavy atom. The van der Waals surface area contributed by atoms with E-state index in [0.29, 0.717) is 12.0 Å². The number of para-hydroxylation sites is 1. The van der Waals surface area contributed by atoms with E-state index in [1.165, 1.54) is 49.5 Å². The van der Waals surface area contributed by atoms with Crippen molar-refractivity contribution in [2.45, 2.75) is 24.8 Å². The highest BCUT2D eigenvalue weighted by Gasteiger charge is 2.31. The number of ether oxygens (including phenoxy) is 1. The molecule has 1 heterocycles. The predicted molar refractivity (Wildman–Crippen MR) is 90.5 cm³/mol. The number of hydrogen-bond donors (Lipinski definition) is 1. The van der Waals surface area contributed by atoms with Crippen LogP contribution < -0.4 is 10.1 Å². The van der Waals surface area contributed by atoms with E-state index >= 15 is 0 Å². The number of nitrogens with zero attached hydrogens (tertiary/aromatic N) is 1. The average molecular weight is 306 g/mol. The van der Waals surface area contributed by atoms with Crippen LogP contribution in [0.4, 0.5) is 0 Å². The van der Waals surface area contributed by atoms with Crippen molar-refractivity contribution >= 4 is 11.8 Å². The molecule has 0 bridgehead atoms. The zero-order chi connectivity index (χ0) is 14.5. The summed E-state index contributed by atoms with van der Waals surface area (Å²) in [6, 6.07) is 9.15. The van der Waals surface area contributed by atoms with Crippen LogP contribution in [0, 0.1) is 0 Å². The summed E-state index contributed by atoms with van der Waals surface area (Å²) in [4.78, 5) is 2.58. The smallest absolute Gasteiger partial charge is 0.122 e. The van der Waals surface area contributed by atoms with Crippen LogP contribution in [-0.4, -0.2) is 55.7 Å². The third-order valence-corrected chi connectivity index (χ3v) is 5.62. The second-order valence-corrected chi connectivity index (χ2v) is 7.24. The molecule has 2 fully saturated rings. The Hall–Kier alpha value is -0.710. The average Bonchev–Trinajstić information content (AvgIpc) is 2.50. The van der Waals surface area contributed by atoms with Gasteiger partial charge in [-0.2, -0.15) is 11.8 Å². The first-order valence-electron chi connectivity index (χ1n) is 8.03. The molecule has 21 heavy (non-hydrogen) atoms. The van der Waals surface area contributed by atoms with Gasteiger partial charge in [-0.3, -0.25) is 0 Å². The minimum absolute atomic E-state index is 0.671. The van der Waals surface area contributed by atoms with Crippen molar-refractivity contribution in [3.8, 4) is 5.75 Å². The molecule has 3 rings (SSSR count). The molecule has 1 saturated heterocycles. The van der Waals surface area contributed by atoms with E-state index in [0.717, 1.165) is 12.3 Å². The summed E-state index contributed by atoms with van der Waals surface area (Å²) in [5.74, 6) is 4.33. The molecule has 0 unspecified atom stereocenters. The lowest BCUT2D eigenvalue weighted by molar-refractivity contribution is 0.252. The van der Waals surface area contributed by atoms with Crippen molar-refractivity contribution in [2.75, 3.05) is 44.8 Å². The summed E-state index contributed by atoms with van der Waals surface area (Å²) >= 11 is 2.08. The quantitative estimate of drug-likeness (QED) is 0.873. The normalized spacial score (nSPS) is 26.3. The van der Waals surface area contributed by atoms with Gasteiger partial charge in [-0.05, 0) is 30.4 Å². The third kappa shape index (κ3) is 3.93. The molecule has 1 aliphatic heterocycles. The van der Waals surface area contributed by atoms with Crippen molar-refractivity contribution in [3.63, 3.8) is 0 Å². The van der Waals surface area contributed by atoms with Gasteiger partial charge in [-0.1, -0.05) is 18.2 Å². The summed E-state index contributed by atoms with van der Waals surface area (Å²) in [6.45, 7) is 4.87.